The van der Waals surface area contributed by atoms with Crippen LogP contribution in [0.1, 0.15) is 110 Å². The average Bonchev–Trinajstić information content (AvgIpc) is 4.08. The van der Waals surface area contributed by atoms with Gasteiger partial charge in [-0.25, -0.2) is 0 Å². The maximum absolute atomic E-state index is 12.5. The minimum absolute atomic E-state index is 0.00141. The number of hydrogen-bond donors (Lipinski definition) is 4. The van der Waals surface area contributed by atoms with Crippen LogP contribution in [0, 0.1) is 17.3 Å². The number of hydrogen-bond acceptors (Lipinski definition) is 8. The van der Waals surface area contributed by atoms with Gasteiger partial charge in [-0.1, -0.05) is 134 Å². The van der Waals surface area contributed by atoms with Crippen molar-refractivity contribution in [2.24, 2.45) is 5.41 Å². The van der Waals surface area contributed by atoms with Gasteiger partial charge in [0.25, 0.3) is 0 Å². The van der Waals surface area contributed by atoms with Gasteiger partial charge >= 0.3 is 5.78 Å². The molecule has 2 saturated carbocycles. The van der Waals surface area contributed by atoms with E-state index in [2.05, 4.69) is 59.3 Å². The lowest BCUT2D eigenvalue weighted by molar-refractivity contribution is 0.172. The fourth-order valence-electron chi connectivity index (χ4n) is 11.5. The molecule has 10 nitrogen and oxygen atoms in total. The number of benzene rings is 4. The van der Waals surface area contributed by atoms with E-state index in [-0.39, 0.29) is 71.0 Å². The molecule has 4 bridgehead atoms. The van der Waals surface area contributed by atoms with Gasteiger partial charge in [0.2, 0.25) is 5.75 Å². The minimum atomic E-state index is -0.814. The Bertz CT molecular complexity index is 2650. The van der Waals surface area contributed by atoms with Crippen molar-refractivity contribution < 1.29 is 34.3 Å². The normalized spacial score (nSPS) is 23.7. The van der Waals surface area contributed by atoms with Crippen molar-refractivity contribution in [3.63, 3.8) is 0 Å². The third-order valence-corrected chi connectivity index (χ3v) is 15.1. The van der Waals surface area contributed by atoms with Crippen LogP contribution in [-0.4, -0.2) is 71.4 Å². The van der Waals surface area contributed by atoms with Gasteiger partial charge in [0, 0.05) is 6.42 Å². The molecule has 10 heteroatoms. The van der Waals surface area contributed by atoms with E-state index in [1.54, 1.807) is 30.3 Å². The highest BCUT2D eigenvalue weighted by atomic mass is 16.5. The summed E-state index contributed by atoms with van der Waals surface area (Å²) in [5, 5.41) is 37.2. The second-order valence-electron chi connectivity index (χ2n) is 18.9. The number of ether oxygens (including phenoxy) is 3. The van der Waals surface area contributed by atoms with Gasteiger partial charge in [-0.05, 0) is 103 Å². The second kappa shape index (κ2) is 17.7. The molecule has 336 valence electrons. The third-order valence-electron chi connectivity index (χ3n) is 15.1. The number of nitrogens with one attached hydrogen (secondary N) is 1. The highest BCUT2D eigenvalue weighted by Gasteiger charge is 2.53. The fraction of sp³-hybridized carbons (Fsp3) is 0.400. The summed E-state index contributed by atoms with van der Waals surface area (Å²) in [6.45, 7) is 4.73. The van der Waals surface area contributed by atoms with Crippen LogP contribution in [0.3, 0.4) is 0 Å². The molecule has 1 spiro atoms. The van der Waals surface area contributed by atoms with Crippen LogP contribution >= 0.6 is 0 Å². The summed E-state index contributed by atoms with van der Waals surface area (Å²) in [5.74, 6) is 7.96. The van der Waals surface area contributed by atoms with Gasteiger partial charge in [-0.3, -0.25) is 4.79 Å². The molecule has 1 aromatic heterocycles. The van der Waals surface area contributed by atoms with E-state index in [4.69, 9.17) is 19.2 Å². The van der Waals surface area contributed by atoms with E-state index in [1.807, 2.05) is 36.4 Å². The summed E-state index contributed by atoms with van der Waals surface area (Å²) in [6, 6.07) is 27.3. The van der Waals surface area contributed by atoms with E-state index >= 15 is 0 Å². The monoisotopic (exact) mass is 873 g/mol. The fourth-order valence-corrected chi connectivity index (χ4v) is 11.5. The van der Waals surface area contributed by atoms with Crippen LogP contribution in [0.4, 0.5) is 5.82 Å². The predicted molar refractivity (Wildman–Crippen MR) is 254 cm³/mol. The molecule has 5 aromatic rings. The zero-order chi connectivity index (χ0) is 44.7. The maximum atomic E-state index is 12.5. The van der Waals surface area contributed by atoms with Crippen LogP contribution in [0.2, 0.25) is 0 Å². The Morgan fingerprint density at radius 1 is 0.954 bits per heavy atom. The number of nitrogens with zero attached hydrogens (tertiary/aromatic N) is 2. The number of carbonyl (C=O) groups excluding carboxylic acids is 1. The van der Waals surface area contributed by atoms with Crippen LogP contribution in [0.5, 0.6) is 28.7 Å². The summed E-state index contributed by atoms with van der Waals surface area (Å²) in [7, 11) is 1.46. The van der Waals surface area contributed by atoms with E-state index in [1.165, 1.54) is 51.3 Å². The van der Waals surface area contributed by atoms with Gasteiger partial charge in [-0.15, -0.1) is 0 Å². The van der Waals surface area contributed by atoms with Crippen LogP contribution in [-0.2, 0) is 11.8 Å². The number of aromatic nitrogens is 1. The Hall–Kier alpha value is -6.15. The average molecular weight is 874 g/mol. The van der Waals surface area contributed by atoms with Gasteiger partial charge < -0.3 is 44.7 Å². The highest BCUT2D eigenvalue weighted by molar-refractivity contribution is 6.05. The first-order valence-corrected chi connectivity index (χ1v) is 23.4. The number of fused-ring (bicyclic) bond motifs is 8. The third kappa shape index (κ3) is 8.04. The number of piperazine rings is 1. The van der Waals surface area contributed by atoms with Crippen molar-refractivity contribution in [3.05, 3.63) is 125 Å². The van der Waals surface area contributed by atoms with Crippen molar-refractivity contribution in [1.82, 2.24) is 10.3 Å². The number of aliphatic hydroxyl groups excluding tert-OH is 1. The lowest BCUT2D eigenvalue weighted by atomic mass is 9.64. The lowest BCUT2D eigenvalue weighted by Crippen LogP contribution is -2.50. The molecule has 5 aliphatic rings. The zero-order valence-electron chi connectivity index (χ0n) is 37.4. The summed E-state index contributed by atoms with van der Waals surface area (Å²) < 4.78 is 19.2. The molecular formula is C55H59N3O7. The number of aliphatic hydroxyl groups is 1. The smallest absolute Gasteiger partial charge is 0.335 e. The molecule has 4 heterocycles. The number of phenols is 2. The van der Waals surface area contributed by atoms with Crippen molar-refractivity contribution in [2.75, 3.05) is 38.3 Å². The zero-order valence-corrected chi connectivity index (χ0v) is 37.4. The second-order valence-corrected chi connectivity index (χ2v) is 18.9. The summed E-state index contributed by atoms with van der Waals surface area (Å²) in [6.07, 6.45) is 11.7. The molecule has 65 heavy (non-hydrogen) atoms. The first-order valence-electron chi connectivity index (χ1n) is 23.4. The summed E-state index contributed by atoms with van der Waals surface area (Å²) in [4.78, 5) is 20.1. The highest BCUT2D eigenvalue weighted by Crippen LogP contribution is 2.62. The molecule has 3 aliphatic heterocycles. The Labute approximate surface area is 381 Å². The summed E-state index contributed by atoms with van der Waals surface area (Å²) in [5.41, 5.74) is 7.22. The molecule has 3 fully saturated rings. The van der Waals surface area contributed by atoms with Crippen molar-refractivity contribution in [1.29, 1.82) is 0 Å². The largest absolute Gasteiger partial charge is 0.508 e. The van der Waals surface area contributed by atoms with Crippen molar-refractivity contribution in [3.8, 4) is 51.7 Å². The molecule has 2 aliphatic carbocycles. The SMILES string of the molecule is COc1c(O)c([C@@H]2C#C[C@@H]3CN(CCN3)c3[n-]c([C@]4(C)CCCC45CCCC5)cc3-c3cccc(c3)C2)c2c(c1OCC[C@@H](O)/C=C/c1ccccc1)C(=[OH+])CC(c1ccc(O)cc1)O2. The molecular weight excluding hydrogens is 815 g/mol. The number of phenolic OH excluding ortho intramolecular Hbond substituents is 2. The molecule has 0 amide bonds. The molecule has 5 N–H and O–H groups in total. The minimum Gasteiger partial charge on any atom is -0.508 e. The van der Waals surface area contributed by atoms with E-state index < -0.39 is 18.1 Å². The first kappa shape index (κ1) is 42.8. The molecule has 1 unspecified atom stereocenters. The quantitative estimate of drug-likeness (QED) is 0.0800. The molecule has 4 aromatic carbocycles. The van der Waals surface area contributed by atoms with Gasteiger partial charge in [0.15, 0.2) is 17.1 Å². The standard InChI is InChI=1S/C55H58N3O7/c1-54(23-9-26-55(54)24-6-7-25-55)46-32-43-38-13-8-12-36(30-38)31-39(15-18-40-34-58(28-27-56-40)53(43)57-46)47-49(62)52(63-2)51(64-29-22-42(60)19-14-35-10-4-3-5-11-35)48-44(61)33-45(65-50(47)48)37-16-20-41(59)21-17-37/h3-5,8,10-14,16-17,19-21,30,32,39-40,42,45,56,59-60H,6-7,9,22-29,31,33-34H2,1-2H3,(H,61,62)/q-1/p+1/b19-14+/t39-,40-,42+,45?,54+/m1/s1. The number of aromatic hydroxyl groups is 2. The summed E-state index contributed by atoms with van der Waals surface area (Å²) >= 11 is 0. The van der Waals surface area contributed by atoms with Crippen LogP contribution in [0.25, 0.3) is 17.2 Å². The van der Waals surface area contributed by atoms with E-state index in [0.29, 0.717) is 23.9 Å². The van der Waals surface area contributed by atoms with Crippen LogP contribution in [0.15, 0.2) is 91.0 Å². The Balaban J connectivity index is 1.05. The maximum Gasteiger partial charge on any atom is 0.335 e. The van der Waals surface area contributed by atoms with E-state index in [0.717, 1.165) is 53.1 Å². The molecule has 10 rings (SSSR count). The number of rotatable bonds is 10. The topological polar surface area (TPSA) is 139 Å². The van der Waals surface area contributed by atoms with Gasteiger partial charge in [0.1, 0.15) is 24.0 Å². The lowest BCUT2D eigenvalue weighted by Gasteiger charge is -2.43. The number of methoxy groups -OCH3 is 1. The van der Waals surface area contributed by atoms with Gasteiger partial charge in [0.05, 0.1) is 37.3 Å². The molecule has 1 saturated heterocycles. The molecule has 0 radical (unpaired) electrons. The Morgan fingerprint density at radius 3 is 2.55 bits per heavy atom. The number of anilines is 1. The number of ketones is 1. The van der Waals surface area contributed by atoms with Gasteiger partial charge in [-0.2, -0.15) is 0 Å². The predicted octanol–water partition coefficient (Wildman–Crippen LogP) is 9.11. The first-order chi connectivity index (χ1) is 31.6. The molecule has 5 atom stereocenters. The van der Waals surface area contributed by atoms with Crippen molar-refractivity contribution in [2.45, 2.75) is 101 Å². The van der Waals surface area contributed by atoms with Crippen LogP contribution < -0.4 is 29.4 Å². The Kier molecular flexibility index (Phi) is 11.6. The van der Waals surface area contributed by atoms with Crippen molar-refractivity contribution >= 4 is 17.7 Å². The van der Waals surface area contributed by atoms with E-state index in [9.17, 15) is 20.1 Å². The Morgan fingerprint density at radius 2 is 1.75 bits per heavy atom.